The Bertz CT molecular complexity index is 316. The van der Waals surface area contributed by atoms with Gasteiger partial charge in [0.15, 0.2) is 0 Å². The summed E-state index contributed by atoms with van der Waals surface area (Å²) in [6.45, 7) is 6.72. The minimum absolute atomic E-state index is 0.197. The molecule has 0 aromatic carbocycles. The molecule has 2 saturated carbocycles. The molecule has 3 nitrogen and oxygen atoms in total. The van der Waals surface area contributed by atoms with Gasteiger partial charge in [-0.1, -0.05) is 6.58 Å². The number of nitrogens with zero attached hydrogens (tertiary/aromatic N) is 1. The molecule has 0 N–H and O–H groups in total. The minimum Gasteiger partial charge on any atom is -0.459 e. The van der Waals surface area contributed by atoms with Gasteiger partial charge in [0.25, 0.3) is 0 Å². The SMILES string of the molecule is C=C(C)C(=O)OC1CC2CCC1C2.CC#N. The van der Waals surface area contributed by atoms with Crippen LogP contribution in [-0.4, -0.2) is 12.1 Å². The van der Waals surface area contributed by atoms with E-state index < -0.39 is 0 Å². The Labute approximate surface area is 97.1 Å². The van der Waals surface area contributed by atoms with Crippen LogP contribution in [0.5, 0.6) is 0 Å². The molecular formula is C13H19NO2. The standard InChI is InChI=1S/C11H16O2.C2H3N/c1-7(2)11(12)13-10-6-8-3-4-9(10)5-8;1-2-3/h8-10H,1,3-6H2,2H3;1H3. The summed E-state index contributed by atoms with van der Waals surface area (Å²) in [6.07, 6.45) is 5.14. The van der Waals surface area contributed by atoms with Crippen molar-refractivity contribution in [1.29, 1.82) is 5.26 Å². The number of esters is 1. The van der Waals surface area contributed by atoms with Crippen LogP contribution in [0, 0.1) is 23.2 Å². The van der Waals surface area contributed by atoms with Crippen LogP contribution in [-0.2, 0) is 9.53 Å². The van der Waals surface area contributed by atoms with Crippen molar-refractivity contribution in [1.82, 2.24) is 0 Å². The van der Waals surface area contributed by atoms with Crippen molar-refractivity contribution in [3.05, 3.63) is 12.2 Å². The lowest BCUT2D eigenvalue weighted by molar-refractivity contribution is -0.146. The molecule has 3 atom stereocenters. The molecule has 0 aromatic rings. The van der Waals surface area contributed by atoms with Gasteiger partial charge in [0.05, 0.1) is 6.07 Å². The highest BCUT2D eigenvalue weighted by Gasteiger charge is 2.41. The Balaban J connectivity index is 0.000000386. The number of rotatable bonds is 2. The van der Waals surface area contributed by atoms with Gasteiger partial charge < -0.3 is 4.74 Å². The summed E-state index contributed by atoms with van der Waals surface area (Å²) >= 11 is 0. The number of ether oxygens (including phenoxy) is 1. The molecule has 0 amide bonds. The van der Waals surface area contributed by atoms with Gasteiger partial charge in [-0.2, -0.15) is 5.26 Å². The van der Waals surface area contributed by atoms with Crippen LogP contribution in [0.4, 0.5) is 0 Å². The number of hydrogen-bond acceptors (Lipinski definition) is 3. The van der Waals surface area contributed by atoms with Gasteiger partial charge in [-0.15, -0.1) is 0 Å². The third-order valence-corrected chi connectivity index (χ3v) is 3.28. The third kappa shape index (κ3) is 3.10. The first-order valence-corrected chi connectivity index (χ1v) is 5.75. The van der Waals surface area contributed by atoms with E-state index in [0.717, 1.165) is 12.3 Å². The van der Waals surface area contributed by atoms with E-state index in [1.54, 1.807) is 13.0 Å². The molecular weight excluding hydrogens is 202 g/mol. The van der Waals surface area contributed by atoms with E-state index in [2.05, 4.69) is 6.58 Å². The van der Waals surface area contributed by atoms with Crippen LogP contribution in [0.1, 0.15) is 39.5 Å². The summed E-state index contributed by atoms with van der Waals surface area (Å²) in [6, 6.07) is 1.75. The van der Waals surface area contributed by atoms with E-state index in [-0.39, 0.29) is 12.1 Å². The van der Waals surface area contributed by atoms with Crippen LogP contribution in [0.3, 0.4) is 0 Å². The summed E-state index contributed by atoms with van der Waals surface area (Å²) in [5, 5.41) is 7.32. The molecule has 0 spiro atoms. The molecule has 16 heavy (non-hydrogen) atoms. The maximum atomic E-state index is 11.3. The van der Waals surface area contributed by atoms with Gasteiger partial charge in [0, 0.05) is 12.5 Å². The average molecular weight is 221 g/mol. The van der Waals surface area contributed by atoms with Gasteiger partial charge in [-0.05, 0) is 44.4 Å². The monoisotopic (exact) mass is 221 g/mol. The lowest BCUT2D eigenvalue weighted by atomic mass is 9.98. The van der Waals surface area contributed by atoms with Crippen molar-refractivity contribution < 1.29 is 9.53 Å². The molecule has 3 unspecified atom stereocenters. The van der Waals surface area contributed by atoms with Gasteiger partial charge in [0.2, 0.25) is 0 Å². The Kier molecular flexibility index (Phi) is 4.54. The molecule has 2 aliphatic rings. The van der Waals surface area contributed by atoms with E-state index in [4.69, 9.17) is 10.00 Å². The van der Waals surface area contributed by atoms with E-state index in [1.807, 2.05) is 0 Å². The van der Waals surface area contributed by atoms with E-state index in [9.17, 15) is 4.79 Å². The average Bonchev–Trinajstić information content (AvgIpc) is 2.80. The normalized spacial score (nSPS) is 29.9. The summed E-state index contributed by atoms with van der Waals surface area (Å²) < 4.78 is 5.37. The Morgan fingerprint density at radius 2 is 2.06 bits per heavy atom. The second kappa shape index (κ2) is 5.69. The quantitative estimate of drug-likeness (QED) is 0.532. The van der Waals surface area contributed by atoms with Crippen molar-refractivity contribution >= 4 is 5.97 Å². The molecule has 3 heteroatoms. The van der Waals surface area contributed by atoms with Crippen LogP contribution in [0.15, 0.2) is 12.2 Å². The lowest BCUT2D eigenvalue weighted by Crippen LogP contribution is -2.24. The highest BCUT2D eigenvalue weighted by atomic mass is 16.5. The summed E-state index contributed by atoms with van der Waals surface area (Å²) in [5.74, 6) is 1.26. The van der Waals surface area contributed by atoms with Gasteiger partial charge >= 0.3 is 5.97 Å². The predicted octanol–water partition coefficient (Wildman–Crippen LogP) is 2.82. The molecule has 0 saturated heterocycles. The van der Waals surface area contributed by atoms with Crippen LogP contribution < -0.4 is 0 Å². The first-order chi connectivity index (χ1) is 7.58. The fraction of sp³-hybridized carbons (Fsp3) is 0.692. The van der Waals surface area contributed by atoms with Crippen molar-refractivity contribution in [2.45, 2.75) is 45.6 Å². The molecule has 0 aliphatic heterocycles. The van der Waals surface area contributed by atoms with E-state index in [1.165, 1.54) is 26.2 Å². The van der Waals surface area contributed by atoms with Crippen molar-refractivity contribution in [3.8, 4) is 6.07 Å². The highest BCUT2D eigenvalue weighted by molar-refractivity contribution is 5.87. The first-order valence-electron chi connectivity index (χ1n) is 5.75. The number of hydrogen-bond donors (Lipinski definition) is 0. The second-order valence-electron chi connectivity index (χ2n) is 4.62. The fourth-order valence-corrected chi connectivity index (χ4v) is 2.57. The predicted molar refractivity (Wildman–Crippen MR) is 61.4 cm³/mol. The molecule has 88 valence electrons. The molecule has 0 heterocycles. The van der Waals surface area contributed by atoms with Gasteiger partial charge in [0.1, 0.15) is 6.10 Å². The van der Waals surface area contributed by atoms with Crippen molar-refractivity contribution in [3.63, 3.8) is 0 Å². The van der Waals surface area contributed by atoms with Crippen LogP contribution in [0.25, 0.3) is 0 Å². The zero-order chi connectivity index (χ0) is 12.1. The van der Waals surface area contributed by atoms with E-state index >= 15 is 0 Å². The zero-order valence-corrected chi connectivity index (χ0v) is 10.0. The minimum atomic E-state index is -0.211. The Hall–Kier alpha value is -1.30. The summed E-state index contributed by atoms with van der Waals surface area (Å²) in [7, 11) is 0. The van der Waals surface area contributed by atoms with Crippen LogP contribution in [0.2, 0.25) is 0 Å². The Morgan fingerprint density at radius 1 is 1.44 bits per heavy atom. The third-order valence-electron chi connectivity index (χ3n) is 3.28. The maximum Gasteiger partial charge on any atom is 0.333 e. The van der Waals surface area contributed by atoms with Crippen LogP contribution >= 0.6 is 0 Å². The maximum absolute atomic E-state index is 11.3. The molecule has 2 fully saturated rings. The molecule has 2 bridgehead atoms. The highest BCUT2D eigenvalue weighted by Crippen LogP contribution is 2.45. The summed E-state index contributed by atoms with van der Waals surface area (Å²) in [5.41, 5.74) is 0.516. The van der Waals surface area contributed by atoms with Gasteiger partial charge in [-0.25, -0.2) is 4.79 Å². The number of nitriles is 1. The smallest absolute Gasteiger partial charge is 0.333 e. The first kappa shape index (κ1) is 12.8. The summed E-state index contributed by atoms with van der Waals surface area (Å²) in [4.78, 5) is 11.3. The largest absolute Gasteiger partial charge is 0.459 e. The van der Waals surface area contributed by atoms with Crippen molar-refractivity contribution in [2.24, 2.45) is 11.8 Å². The number of fused-ring (bicyclic) bond motifs is 2. The molecule has 2 rings (SSSR count). The van der Waals surface area contributed by atoms with Gasteiger partial charge in [-0.3, -0.25) is 0 Å². The second-order valence-corrected chi connectivity index (χ2v) is 4.62. The number of carbonyl (C=O) groups is 1. The van der Waals surface area contributed by atoms with Crippen molar-refractivity contribution in [2.75, 3.05) is 0 Å². The Morgan fingerprint density at radius 3 is 2.44 bits per heavy atom. The molecule has 2 aliphatic carbocycles. The molecule has 0 aromatic heterocycles. The zero-order valence-electron chi connectivity index (χ0n) is 10.0. The topological polar surface area (TPSA) is 50.1 Å². The molecule has 0 radical (unpaired) electrons. The van der Waals surface area contributed by atoms with E-state index in [0.29, 0.717) is 11.5 Å². The fourth-order valence-electron chi connectivity index (χ4n) is 2.57. The lowest BCUT2D eigenvalue weighted by Gasteiger charge is -2.21. The number of carbonyl (C=O) groups excluding carboxylic acids is 1.